The molecular weight excluding hydrogens is 491 g/mol. The predicted octanol–water partition coefficient (Wildman–Crippen LogP) is 7.47. The Labute approximate surface area is 185 Å². The van der Waals surface area contributed by atoms with Crippen LogP contribution in [0, 0.1) is 47.0 Å². The first-order chi connectivity index (χ1) is 12.2. The molecule has 0 spiro atoms. The fourth-order valence-corrected chi connectivity index (χ4v) is 4.05. The Hall–Kier alpha value is -0.950. The van der Waals surface area contributed by atoms with E-state index in [1.54, 1.807) is 18.1 Å². The van der Waals surface area contributed by atoms with Crippen molar-refractivity contribution in [2.45, 2.75) is 68.2 Å². The number of benzene rings is 1. The van der Waals surface area contributed by atoms with E-state index in [1.165, 1.54) is 51.4 Å². The molecule has 0 fully saturated rings. The average Bonchev–Trinajstić information content (AvgIpc) is 3.17. The monoisotopic (exact) mass is 527 g/mol. The quantitative estimate of drug-likeness (QED) is 0.211. The number of hydrogen-bond donors (Lipinski definition) is 0. The molecule has 0 saturated heterocycles. The van der Waals surface area contributed by atoms with Gasteiger partial charge >= 0.3 is 0 Å². The predicted molar refractivity (Wildman–Crippen MR) is 117 cm³/mol. The van der Waals surface area contributed by atoms with Crippen molar-refractivity contribution < 1.29 is 25.8 Å². The van der Waals surface area contributed by atoms with Gasteiger partial charge in [-0.25, -0.2) is 0 Å². The van der Waals surface area contributed by atoms with Crippen molar-refractivity contribution in [1.82, 2.24) is 0 Å². The Morgan fingerprint density at radius 2 is 1.41 bits per heavy atom. The third-order valence-electron chi connectivity index (χ3n) is 5.83. The van der Waals surface area contributed by atoms with Crippen molar-refractivity contribution in [3.05, 3.63) is 76.2 Å². The van der Waals surface area contributed by atoms with Gasteiger partial charge in [0.25, 0.3) is 0 Å². The van der Waals surface area contributed by atoms with E-state index in [0.717, 1.165) is 0 Å². The molecule has 0 amide bonds. The molecule has 1 aliphatic rings. The molecule has 0 nitrogen and oxygen atoms in total. The van der Waals surface area contributed by atoms with E-state index in [9.17, 15) is 0 Å². The molecule has 0 unspecified atom stereocenters. The summed E-state index contributed by atoms with van der Waals surface area (Å²) < 4.78 is 0. The molecule has 0 bridgehead atoms. The molecular formula is C26H35Hf-3. The number of aryl methyl sites for hydroxylation is 3. The van der Waals surface area contributed by atoms with Crippen molar-refractivity contribution >= 4 is 10.8 Å². The van der Waals surface area contributed by atoms with Crippen LogP contribution in [0.5, 0.6) is 0 Å². The van der Waals surface area contributed by atoms with Crippen LogP contribution in [0.3, 0.4) is 0 Å². The summed E-state index contributed by atoms with van der Waals surface area (Å²) in [5.41, 5.74) is 10.8. The minimum atomic E-state index is 0. The number of rotatable bonds is 0. The van der Waals surface area contributed by atoms with Crippen LogP contribution >= 0.6 is 0 Å². The van der Waals surface area contributed by atoms with Crippen molar-refractivity contribution in [3.63, 3.8) is 0 Å². The van der Waals surface area contributed by atoms with Crippen molar-refractivity contribution in [3.8, 4) is 0 Å². The maximum atomic E-state index is 3.25. The molecule has 1 aliphatic carbocycles. The zero-order valence-electron chi connectivity index (χ0n) is 18.5. The van der Waals surface area contributed by atoms with Gasteiger partial charge in [0.2, 0.25) is 0 Å². The fraction of sp³-hybridized carbons (Fsp3) is 0.423. The van der Waals surface area contributed by atoms with E-state index in [0.29, 0.717) is 5.41 Å². The van der Waals surface area contributed by atoms with E-state index < -0.39 is 0 Å². The maximum absolute atomic E-state index is 3.25. The van der Waals surface area contributed by atoms with Gasteiger partial charge in [0.15, 0.2) is 0 Å². The van der Waals surface area contributed by atoms with Crippen LogP contribution in [0.4, 0.5) is 0 Å². The fourth-order valence-electron chi connectivity index (χ4n) is 4.05. The molecule has 0 aliphatic heterocycles. The zero-order chi connectivity index (χ0) is 19.6. The van der Waals surface area contributed by atoms with Gasteiger partial charge in [-0.2, -0.15) is 47.4 Å². The Balaban J connectivity index is 0.000000264. The second-order valence-electron chi connectivity index (χ2n) is 8.50. The van der Waals surface area contributed by atoms with Crippen LogP contribution in [-0.2, 0) is 38.7 Å². The molecule has 4 rings (SSSR count). The Bertz CT molecular complexity index is 864. The van der Waals surface area contributed by atoms with Crippen LogP contribution in [0.15, 0.2) is 30.3 Å². The minimum absolute atomic E-state index is 0. The first-order valence-electron chi connectivity index (χ1n) is 9.76. The van der Waals surface area contributed by atoms with E-state index >= 15 is 0 Å². The Morgan fingerprint density at radius 1 is 0.926 bits per heavy atom. The summed E-state index contributed by atoms with van der Waals surface area (Å²) in [6, 6.07) is 11.5. The summed E-state index contributed by atoms with van der Waals surface area (Å²) in [5.74, 6) is 0. The molecule has 3 aromatic rings. The molecule has 0 radical (unpaired) electrons. The van der Waals surface area contributed by atoms with Gasteiger partial charge in [0, 0.05) is 25.8 Å². The van der Waals surface area contributed by atoms with Gasteiger partial charge in [-0.1, -0.05) is 59.6 Å². The van der Waals surface area contributed by atoms with E-state index in [2.05, 4.69) is 85.7 Å². The first kappa shape index (κ1) is 24.1. The summed E-state index contributed by atoms with van der Waals surface area (Å²) in [7, 11) is 0. The van der Waals surface area contributed by atoms with E-state index in [1.807, 2.05) is 0 Å². The molecule has 0 heterocycles. The smallest absolute Gasteiger partial charge is 0 e. The van der Waals surface area contributed by atoms with Gasteiger partial charge in [-0.05, 0) is 18.3 Å². The van der Waals surface area contributed by atoms with Crippen LogP contribution in [0.2, 0.25) is 0 Å². The summed E-state index contributed by atoms with van der Waals surface area (Å²) in [5, 5.41) is 2.87. The third kappa shape index (κ3) is 5.31. The van der Waals surface area contributed by atoms with Crippen LogP contribution in [0.1, 0.15) is 59.7 Å². The van der Waals surface area contributed by atoms with Gasteiger partial charge in [0.05, 0.1) is 0 Å². The summed E-state index contributed by atoms with van der Waals surface area (Å²) in [4.78, 5) is 0. The second-order valence-corrected chi connectivity index (χ2v) is 8.50. The molecule has 3 aromatic carbocycles. The van der Waals surface area contributed by atoms with Gasteiger partial charge < -0.3 is 6.92 Å². The van der Waals surface area contributed by atoms with Crippen LogP contribution in [-0.4, -0.2) is 0 Å². The molecule has 0 N–H and O–H groups in total. The second kappa shape index (κ2) is 9.50. The standard InChI is InChI=1S/C15H17.C9H13.C2H5.Hf/c1-10-4-5-11-6-12-8-15(2,3)9-13(12)7-14(10)11;1-6-5-7(2)9(4)8(6)3;1-2;/h4-7H,8-9H2,1-3H3;5H,1-4H3;1H2,2H3;/q3*-1;. The largest absolute Gasteiger partial charge is 0.346 e. The zero-order valence-corrected chi connectivity index (χ0v) is 22.1. The summed E-state index contributed by atoms with van der Waals surface area (Å²) in [6.45, 7) is 20.6. The molecule has 146 valence electrons. The maximum Gasteiger partial charge on any atom is 0 e. The molecule has 0 saturated carbocycles. The van der Waals surface area contributed by atoms with Crippen molar-refractivity contribution in [2.75, 3.05) is 0 Å². The van der Waals surface area contributed by atoms with E-state index in [4.69, 9.17) is 0 Å². The Kier molecular flexibility index (Phi) is 8.48. The average molecular weight is 526 g/mol. The third-order valence-corrected chi connectivity index (χ3v) is 5.83. The van der Waals surface area contributed by atoms with Crippen molar-refractivity contribution in [2.24, 2.45) is 5.41 Å². The van der Waals surface area contributed by atoms with Crippen LogP contribution < -0.4 is 0 Å². The minimum Gasteiger partial charge on any atom is -0.346 e. The van der Waals surface area contributed by atoms with Gasteiger partial charge in [0.1, 0.15) is 0 Å². The molecule has 0 aromatic heterocycles. The molecule has 27 heavy (non-hydrogen) atoms. The summed E-state index contributed by atoms with van der Waals surface area (Å²) in [6.07, 6.45) is 2.48. The molecule has 1 heteroatoms. The SMILES string of the molecule is C[c-]1ccc2cc3c(cc21)CC(C)(C)C3.Cc1[cH-]c(C)c(C)c1C.[CH2-]C.[Hf]. The van der Waals surface area contributed by atoms with E-state index in [-0.39, 0.29) is 25.8 Å². The van der Waals surface area contributed by atoms with Gasteiger partial charge in [-0.3, -0.25) is 0 Å². The van der Waals surface area contributed by atoms with Crippen LogP contribution in [0.25, 0.3) is 10.8 Å². The normalized spacial score (nSPS) is 13.8. The topological polar surface area (TPSA) is 0 Å². The number of hydrogen-bond acceptors (Lipinski definition) is 0. The number of fused-ring (bicyclic) bond motifs is 2. The molecule has 0 atom stereocenters. The first-order valence-corrected chi connectivity index (χ1v) is 9.76. The van der Waals surface area contributed by atoms with Crippen molar-refractivity contribution in [1.29, 1.82) is 0 Å². The Morgan fingerprint density at radius 3 is 1.85 bits per heavy atom. The summed E-state index contributed by atoms with van der Waals surface area (Å²) >= 11 is 0. The van der Waals surface area contributed by atoms with Gasteiger partial charge in [-0.15, -0.1) is 28.5 Å².